The molecule has 3 aromatic carbocycles. The van der Waals surface area contributed by atoms with E-state index in [2.05, 4.69) is 51.3 Å². The molecule has 1 N–H and O–H groups in total. The summed E-state index contributed by atoms with van der Waals surface area (Å²) >= 11 is 0. The van der Waals surface area contributed by atoms with E-state index in [-0.39, 0.29) is 11.1 Å². The lowest BCUT2D eigenvalue weighted by Gasteiger charge is -2.16. The van der Waals surface area contributed by atoms with E-state index in [0.29, 0.717) is 23.5 Å². The van der Waals surface area contributed by atoms with Gasteiger partial charge in [-0.05, 0) is 41.6 Å². The molecule has 5 heteroatoms. The van der Waals surface area contributed by atoms with Gasteiger partial charge in [-0.15, -0.1) is 0 Å². The van der Waals surface area contributed by atoms with Crippen molar-refractivity contribution >= 4 is 32.8 Å². The zero-order chi connectivity index (χ0) is 19.1. The second-order valence-corrected chi connectivity index (χ2v) is 7.14. The molecular formula is C23H19N3O2. The van der Waals surface area contributed by atoms with Gasteiger partial charge in [0.05, 0.1) is 6.54 Å². The maximum absolute atomic E-state index is 12.4. The van der Waals surface area contributed by atoms with Crippen molar-refractivity contribution in [2.24, 2.45) is 0 Å². The molecule has 28 heavy (non-hydrogen) atoms. The molecule has 0 spiro atoms. The summed E-state index contributed by atoms with van der Waals surface area (Å²) < 4.78 is 5.66. The van der Waals surface area contributed by atoms with Crippen molar-refractivity contribution in [3.8, 4) is 0 Å². The molecule has 138 valence electrons. The van der Waals surface area contributed by atoms with Crippen LogP contribution < -0.4 is 5.56 Å². The third kappa shape index (κ3) is 2.96. The molecule has 0 radical (unpaired) electrons. The van der Waals surface area contributed by atoms with Crippen LogP contribution in [0.4, 0.5) is 0 Å². The Morgan fingerprint density at radius 2 is 1.75 bits per heavy atom. The molecule has 0 saturated carbocycles. The highest BCUT2D eigenvalue weighted by Crippen LogP contribution is 2.24. The topological polar surface area (TPSA) is 62.1 Å². The van der Waals surface area contributed by atoms with Gasteiger partial charge >= 0.3 is 0 Å². The summed E-state index contributed by atoms with van der Waals surface area (Å²) in [6.45, 7) is 1.30. The first-order chi connectivity index (χ1) is 13.7. The summed E-state index contributed by atoms with van der Waals surface area (Å²) in [5, 5.41) is 3.32. The Morgan fingerprint density at radius 1 is 0.964 bits per heavy atom. The molecule has 5 rings (SSSR count). The van der Waals surface area contributed by atoms with E-state index in [1.54, 1.807) is 0 Å². The van der Waals surface area contributed by atoms with Gasteiger partial charge in [0.2, 0.25) is 5.58 Å². The van der Waals surface area contributed by atoms with Gasteiger partial charge in [0.25, 0.3) is 5.56 Å². The Hall–Kier alpha value is -3.44. The van der Waals surface area contributed by atoms with Crippen LogP contribution in [0, 0.1) is 0 Å². The molecule has 0 unspecified atom stereocenters. The number of nitrogens with one attached hydrogen (secondary N) is 1. The smallest absolute Gasteiger partial charge is 0.294 e. The van der Waals surface area contributed by atoms with E-state index in [1.807, 2.05) is 37.4 Å². The third-order valence-electron chi connectivity index (χ3n) is 4.97. The zero-order valence-corrected chi connectivity index (χ0v) is 15.5. The minimum Gasteiger partial charge on any atom is -0.449 e. The molecule has 0 aliphatic carbocycles. The largest absolute Gasteiger partial charge is 0.449 e. The molecule has 0 aliphatic rings. The fraction of sp³-hybridized carbons (Fsp3) is 0.130. The van der Waals surface area contributed by atoms with Crippen LogP contribution in [-0.4, -0.2) is 21.9 Å². The summed E-state index contributed by atoms with van der Waals surface area (Å²) in [6, 6.07) is 22.4. The second-order valence-electron chi connectivity index (χ2n) is 7.14. The van der Waals surface area contributed by atoms with Crippen LogP contribution in [0.25, 0.3) is 32.8 Å². The Labute approximate surface area is 161 Å². The Bertz CT molecular complexity index is 1370. The van der Waals surface area contributed by atoms with Crippen molar-refractivity contribution in [1.82, 2.24) is 14.9 Å². The SMILES string of the molecule is CN(Cc1ccc2ccccc2c1)Cc1nc2c(oc3ccccc32)c(=O)[nH]1. The number of H-pyrrole nitrogens is 1. The van der Waals surface area contributed by atoms with Crippen molar-refractivity contribution in [2.45, 2.75) is 13.1 Å². The van der Waals surface area contributed by atoms with E-state index < -0.39 is 0 Å². The van der Waals surface area contributed by atoms with Gasteiger partial charge < -0.3 is 9.40 Å². The molecule has 0 atom stereocenters. The predicted molar refractivity (Wildman–Crippen MR) is 111 cm³/mol. The maximum Gasteiger partial charge on any atom is 0.294 e. The number of hydrogen-bond acceptors (Lipinski definition) is 4. The first-order valence-corrected chi connectivity index (χ1v) is 9.24. The minimum atomic E-state index is -0.240. The quantitative estimate of drug-likeness (QED) is 0.508. The highest BCUT2D eigenvalue weighted by atomic mass is 16.3. The molecule has 5 nitrogen and oxygen atoms in total. The molecular weight excluding hydrogens is 350 g/mol. The maximum atomic E-state index is 12.4. The molecule has 0 bridgehead atoms. The van der Waals surface area contributed by atoms with Crippen LogP contribution in [-0.2, 0) is 13.1 Å². The van der Waals surface area contributed by atoms with Crippen LogP contribution in [0.1, 0.15) is 11.4 Å². The molecule has 5 aromatic rings. The van der Waals surface area contributed by atoms with Gasteiger partial charge in [0, 0.05) is 11.9 Å². The number of aromatic amines is 1. The normalized spacial score (nSPS) is 11.8. The predicted octanol–water partition coefficient (Wildman–Crippen LogP) is 4.45. The average molecular weight is 369 g/mol. The summed E-state index contributed by atoms with van der Waals surface area (Å²) in [6.07, 6.45) is 0. The monoisotopic (exact) mass is 369 g/mol. The van der Waals surface area contributed by atoms with Crippen molar-refractivity contribution in [3.63, 3.8) is 0 Å². The van der Waals surface area contributed by atoms with Gasteiger partial charge in [-0.1, -0.05) is 48.5 Å². The molecule has 0 saturated heterocycles. The number of aromatic nitrogens is 2. The number of rotatable bonds is 4. The van der Waals surface area contributed by atoms with Crippen molar-refractivity contribution < 1.29 is 4.42 Å². The number of fused-ring (bicyclic) bond motifs is 4. The number of hydrogen-bond donors (Lipinski definition) is 1. The van der Waals surface area contributed by atoms with Gasteiger partial charge in [-0.25, -0.2) is 4.98 Å². The van der Waals surface area contributed by atoms with Crippen LogP contribution in [0.2, 0.25) is 0 Å². The summed E-state index contributed by atoms with van der Waals surface area (Å²) in [7, 11) is 2.02. The van der Waals surface area contributed by atoms with Crippen LogP contribution in [0.15, 0.2) is 75.9 Å². The lowest BCUT2D eigenvalue weighted by Crippen LogP contribution is -2.21. The van der Waals surface area contributed by atoms with E-state index >= 15 is 0 Å². The number of para-hydroxylation sites is 1. The minimum absolute atomic E-state index is 0.240. The summed E-state index contributed by atoms with van der Waals surface area (Å²) in [5.41, 5.74) is 2.56. The fourth-order valence-electron chi connectivity index (χ4n) is 3.68. The standard InChI is InChI=1S/C23H19N3O2/c1-26(13-15-10-11-16-6-2-3-7-17(16)12-15)14-20-24-21-18-8-4-5-9-19(18)28-22(21)23(27)25-20/h2-12H,13-14H2,1H3,(H,24,25,27). The first kappa shape index (κ1) is 16.7. The molecule has 2 heterocycles. The van der Waals surface area contributed by atoms with E-state index in [9.17, 15) is 4.79 Å². The lowest BCUT2D eigenvalue weighted by atomic mass is 10.1. The van der Waals surface area contributed by atoms with Crippen molar-refractivity contribution in [3.05, 3.63) is 88.5 Å². The number of nitrogens with zero attached hydrogens (tertiary/aromatic N) is 2. The van der Waals surface area contributed by atoms with Crippen LogP contribution >= 0.6 is 0 Å². The van der Waals surface area contributed by atoms with Crippen LogP contribution in [0.5, 0.6) is 0 Å². The molecule has 0 amide bonds. The summed E-state index contributed by atoms with van der Waals surface area (Å²) in [4.78, 5) is 22.1. The first-order valence-electron chi connectivity index (χ1n) is 9.24. The molecule has 0 aliphatic heterocycles. The highest BCUT2D eigenvalue weighted by Gasteiger charge is 2.14. The van der Waals surface area contributed by atoms with Crippen LogP contribution in [0.3, 0.4) is 0 Å². The number of furan rings is 1. The van der Waals surface area contributed by atoms with E-state index in [1.165, 1.54) is 16.3 Å². The van der Waals surface area contributed by atoms with Crippen molar-refractivity contribution in [1.29, 1.82) is 0 Å². The van der Waals surface area contributed by atoms with Crippen molar-refractivity contribution in [2.75, 3.05) is 7.05 Å². The van der Waals surface area contributed by atoms with Gasteiger partial charge in [0.1, 0.15) is 16.9 Å². The van der Waals surface area contributed by atoms with Gasteiger partial charge in [0.15, 0.2) is 0 Å². The Balaban J connectivity index is 1.43. The Morgan fingerprint density at radius 3 is 2.64 bits per heavy atom. The Kier molecular flexibility index (Phi) is 3.95. The second kappa shape index (κ2) is 6.62. The fourth-order valence-corrected chi connectivity index (χ4v) is 3.68. The van der Waals surface area contributed by atoms with E-state index in [0.717, 1.165) is 11.9 Å². The number of benzene rings is 3. The average Bonchev–Trinajstić information content (AvgIpc) is 3.07. The molecule has 2 aromatic heterocycles. The lowest BCUT2D eigenvalue weighted by molar-refractivity contribution is 0.311. The van der Waals surface area contributed by atoms with Gasteiger partial charge in [-0.2, -0.15) is 0 Å². The summed E-state index contributed by atoms with van der Waals surface area (Å²) in [5.74, 6) is 0.632. The molecule has 0 fully saturated rings. The zero-order valence-electron chi connectivity index (χ0n) is 15.5. The van der Waals surface area contributed by atoms with Gasteiger partial charge in [-0.3, -0.25) is 9.69 Å². The third-order valence-corrected chi connectivity index (χ3v) is 4.97. The van der Waals surface area contributed by atoms with E-state index in [4.69, 9.17) is 4.42 Å². The highest BCUT2D eigenvalue weighted by molar-refractivity contribution is 6.01.